The van der Waals surface area contributed by atoms with Crippen LogP contribution in [0.2, 0.25) is 0 Å². The van der Waals surface area contributed by atoms with Crippen molar-refractivity contribution in [2.75, 3.05) is 19.8 Å². The Morgan fingerprint density at radius 1 is 1.00 bits per heavy atom. The quantitative estimate of drug-likeness (QED) is 0.199. The topological polar surface area (TPSA) is 143 Å². The fourth-order valence-electron chi connectivity index (χ4n) is 4.95. The minimum atomic E-state index is -1.54. The molecule has 0 radical (unpaired) electrons. The number of aliphatic hydroxyl groups is 1. The Bertz CT molecular complexity index is 1750. The average molecular weight is 610 g/mol. The molecule has 45 heavy (non-hydrogen) atoms. The number of nitrogens with zero attached hydrogens (tertiary/aromatic N) is 2. The highest BCUT2D eigenvalue weighted by Crippen LogP contribution is 2.37. The molecule has 3 N–H and O–H groups in total. The first-order chi connectivity index (χ1) is 21.7. The van der Waals surface area contributed by atoms with Crippen molar-refractivity contribution in [3.63, 3.8) is 0 Å². The number of nitriles is 1. The molecule has 0 saturated heterocycles. The maximum absolute atomic E-state index is 11.8. The Balaban J connectivity index is 1.39. The van der Waals surface area contributed by atoms with Crippen LogP contribution in [0.1, 0.15) is 40.3 Å². The van der Waals surface area contributed by atoms with Crippen LogP contribution in [0.4, 0.5) is 0 Å². The summed E-state index contributed by atoms with van der Waals surface area (Å²) in [5, 5.41) is 31.5. The van der Waals surface area contributed by atoms with Crippen LogP contribution >= 0.6 is 0 Å². The van der Waals surface area contributed by atoms with Gasteiger partial charge in [-0.3, -0.25) is 15.1 Å². The van der Waals surface area contributed by atoms with E-state index in [1.165, 1.54) is 13.1 Å². The molecule has 1 atom stereocenters. The predicted octanol–water partition coefficient (Wildman–Crippen LogP) is 5.09. The number of aryl methyl sites for hydroxylation is 1. The molecule has 0 aliphatic carbocycles. The molecule has 4 aromatic rings. The van der Waals surface area contributed by atoms with Crippen LogP contribution in [-0.2, 0) is 24.6 Å². The van der Waals surface area contributed by atoms with Crippen LogP contribution in [0.25, 0.3) is 11.1 Å². The number of carboxylic acids is 1. The number of hydrogen-bond acceptors (Lipinski definition) is 9. The molecule has 0 unspecified atom stereocenters. The number of rotatable bonds is 12. The van der Waals surface area contributed by atoms with Gasteiger partial charge in [0.1, 0.15) is 49.5 Å². The zero-order chi connectivity index (χ0) is 32.0. The van der Waals surface area contributed by atoms with Gasteiger partial charge in [-0.2, -0.15) is 5.26 Å². The van der Waals surface area contributed by atoms with E-state index in [0.717, 1.165) is 39.3 Å². The maximum atomic E-state index is 11.8. The summed E-state index contributed by atoms with van der Waals surface area (Å²) in [5.74, 6) is 1.38. The molecule has 0 fully saturated rings. The van der Waals surface area contributed by atoms with Gasteiger partial charge in [-0.05, 0) is 72.9 Å². The number of carbonyl (C=O) groups is 1. The molecule has 10 nitrogen and oxygen atoms in total. The second kappa shape index (κ2) is 13.7. The normalized spacial score (nSPS) is 13.4. The molecule has 5 rings (SSSR count). The van der Waals surface area contributed by atoms with E-state index in [1.54, 1.807) is 18.3 Å². The molecule has 3 aromatic carbocycles. The van der Waals surface area contributed by atoms with Crippen LogP contribution in [0.15, 0.2) is 67.0 Å². The van der Waals surface area contributed by atoms with E-state index in [-0.39, 0.29) is 13.2 Å². The van der Waals surface area contributed by atoms with Crippen LogP contribution < -0.4 is 24.3 Å². The van der Waals surface area contributed by atoms with Crippen LogP contribution in [0.3, 0.4) is 0 Å². The molecular formula is C35H35N3O7. The fraction of sp³-hybridized carbons (Fsp3) is 0.286. The monoisotopic (exact) mass is 609 g/mol. The maximum Gasteiger partial charge on any atom is 0.326 e. The van der Waals surface area contributed by atoms with Crippen LogP contribution in [0.5, 0.6) is 23.0 Å². The van der Waals surface area contributed by atoms with Crippen LogP contribution in [-0.4, -0.2) is 46.5 Å². The second-order valence-electron chi connectivity index (χ2n) is 11.1. The fourth-order valence-corrected chi connectivity index (χ4v) is 4.95. The first-order valence-electron chi connectivity index (χ1n) is 14.5. The highest BCUT2D eigenvalue weighted by molar-refractivity contribution is 5.78. The molecule has 0 bridgehead atoms. The number of aromatic nitrogens is 1. The minimum Gasteiger partial charge on any atom is -0.488 e. The number of fused-ring (bicyclic) bond motifs is 1. The zero-order valence-electron chi connectivity index (χ0n) is 25.4. The van der Waals surface area contributed by atoms with Crippen molar-refractivity contribution >= 4 is 5.97 Å². The van der Waals surface area contributed by atoms with Crippen molar-refractivity contribution in [2.45, 2.75) is 46.1 Å². The third-order valence-electron chi connectivity index (χ3n) is 7.82. The predicted molar refractivity (Wildman–Crippen MR) is 166 cm³/mol. The largest absolute Gasteiger partial charge is 0.488 e. The standard InChI is InChI=1S/C35H35N3O7/c1-22-11-28(18-38-35(3,21-39)34(40)41)32(44-19-25-12-24(15-36)16-37-17-25)14-31(22)45-20-27-5-4-6-29(23(27)2)26-7-8-30-33(13-26)43-10-9-42-30/h4-8,11-14,16-17,38-39H,9-10,18-21H2,1-3H3,(H,40,41)/t35-/m1/s1. The van der Waals surface area contributed by atoms with Crippen molar-refractivity contribution in [3.05, 3.63) is 100 Å². The lowest BCUT2D eigenvalue weighted by atomic mass is 9.96. The summed E-state index contributed by atoms with van der Waals surface area (Å²) in [6.45, 7) is 6.41. The van der Waals surface area contributed by atoms with Gasteiger partial charge in [0.15, 0.2) is 11.5 Å². The molecule has 1 aliphatic rings. The van der Waals surface area contributed by atoms with E-state index >= 15 is 0 Å². The number of nitrogens with one attached hydrogen (secondary N) is 1. The highest BCUT2D eigenvalue weighted by Gasteiger charge is 2.32. The Labute approximate surface area is 261 Å². The van der Waals surface area contributed by atoms with Crippen molar-refractivity contribution in [1.29, 1.82) is 5.26 Å². The van der Waals surface area contributed by atoms with Gasteiger partial charge in [-0.15, -0.1) is 0 Å². The lowest BCUT2D eigenvalue weighted by Gasteiger charge is -2.25. The van der Waals surface area contributed by atoms with E-state index in [2.05, 4.69) is 29.4 Å². The molecule has 10 heteroatoms. The number of pyridine rings is 1. The summed E-state index contributed by atoms with van der Waals surface area (Å²) >= 11 is 0. The summed E-state index contributed by atoms with van der Waals surface area (Å²) in [6, 6.07) is 19.5. The van der Waals surface area contributed by atoms with Crippen molar-refractivity contribution in [1.82, 2.24) is 10.3 Å². The minimum absolute atomic E-state index is 0.118. The lowest BCUT2D eigenvalue weighted by Crippen LogP contribution is -2.52. The summed E-state index contributed by atoms with van der Waals surface area (Å²) in [4.78, 5) is 15.9. The van der Waals surface area contributed by atoms with Gasteiger partial charge in [0, 0.05) is 36.1 Å². The Hall–Kier alpha value is -5.11. The Morgan fingerprint density at radius 3 is 2.53 bits per heavy atom. The smallest absolute Gasteiger partial charge is 0.326 e. The number of carboxylic acid groups (broad SMARTS) is 1. The summed E-state index contributed by atoms with van der Waals surface area (Å²) in [5.41, 5.74) is 5.26. The summed E-state index contributed by atoms with van der Waals surface area (Å²) in [6.07, 6.45) is 3.10. The Morgan fingerprint density at radius 2 is 1.78 bits per heavy atom. The molecular weight excluding hydrogens is 574 g/mol. The highest BCUT2D eigenvalue weighted by atomic mass is 16.6. The third kappa shape index (κ3) is 7.17. The van der Waals surface area contributed by atoms with Gasteiger partial charge in [-0.1, -0.05) is 24.3 Å². The van der Waals surface area contributed by atoms with Gasteiger partial charge < -0.3 is 29.2 Å². The van der Waals surface area contributed by atoms with Gasteiger partial charge in [-0.25, -0.2) is 0 Å². The van der Waals surface area contributed by atoms with E-state index < -0.39 is 18.1 Å². The van der Waals surface area contributed by atoms with Gasteiger partial charge >= 0.3 is 5.97 Å². The van der Waals surface area contributed by atoms with Gasteiger partial charge in [0.05, 0.1) is 12.2 Å². The van der Waals surface area contributed by atoms with Crippen LogP contribution in [0, 0.1) is 25.2 Å². The molecule has 0 saturated carbocycles. The summed E-state index contributed by atoms with van der Waals surface area (Å²) in [7, 11) is 0. The zero-order valence-corrected chi connectivity index (χ0v) is 25.4. The molecule has 2 heterocycles. The van der Waals surface area contributed by atoms with Crippen molar-refractivity contribution in [3.8, 4) is 40.2 Å². The average Bonchev–Trinajstić information content (AvgIpc) is 3.06. The SMILES string of the molecule is Cc1cc(CN[C@](C)(CO)C(=O)O)c(OCc2cncc(C#N)c2)cc1OCc1cccc(-c2ccc3c(c2)OCCO3)c1C. The molecule has 0 amide bonds. The number of aliphatic carboxylic acids is 1. The molecule has 0 spiro atoms. The van der Waals surface area contributed by atoms with Gasteiger partial charge in [0.25, 0.3) is 0 Å². The molecule has 1 aromatic heterocycles. The number of ether oxygens (including phenoxy) is 4. The second-order valence-corrected chi connectivity index (χ2v) is 11.1. The number of aliphatic hydroxyl groups excluding tert-OH is 1. The number of hydrogen-bond donors (Lipinski definition) is 3. The van der Waals surface area contributed by atoms with E-state index in [4.69, 9.17) is 18.9 Å². The summed E-state index contributed by atoms with van der Waals surface area (Å²) < 4.78 is 24.0. The van der Waals surface area contributed by atoms with E-state index in [9.17, 15) is 20.3 Å². The third-order valence-corrected chi connectivity index (χ3v) is 7.82. The lowest BCUT2D eigenvalue weighted by molar-refractivity contribution is -0.145. The number of benzene rings is 3. The van der Waals surface area contributed by atoms with E-state index in [0.29, 0.717) is 48.0 Å². The first-order valence-corrected chi connectivity index (χ1v) is 14.5. The molecule has 1 aliphatic heterocycles. The van der Waals surface area contributed by atoms with E-state index in [1.807, 2.05) is 43.3 Å². The Kier molecular flexibility index (Phi) is 9.52. The van der Waals surface area contributed by atoms with Gasteiger partial charge in [0.2, 0.25) is 0 Å². The molecule has 232 valence electrons. The first kappa shape index (κ1) is 31.3. The van der Waals surface area contributed by atoms with Crippen molar-refractivity contribution in [2.24, 2.45) is 0 Å². The van der Waals surface area contributed by atoms with Crippen molar-refractivity contribution < 1.29 is 34.0 Å².